The molecule has 308 valence electrons. The van der Waals surface area contributed by atoms with E-state index in [-0.39, 0.29) is 5.41 Å². The van der Waals surface area contributed by atoms with Gasteiger partial charge < -0.3 is 23.7 Å². The van der Waals surface area contributed by atoms with Crippen LogP contribution < -0.4 is 14.5 Å². The van der Waals surface area contributed by atoms with E-state index in [0.29, 0.717) is 6.67 Å². The number of ether oxygens (including phenoxy) is 1. The molecule has 0 unspecified atom stereocenters. The number of fused-ring (bicyclic) bond motifs is 7. The maximum absolute atomic E-state index is 6.76. The fourth-order valence-electron chi connectivity index (χ4n) is 9.84. The van der Waals surface area contributed by atoms with Crippen molar-refractivity contribution in [1.29, 1.82) is 0 Å². The quantitative estimate of drug-likeness (QED) is 0.160. The monoisotopic (exact) mass is 826 g/mol. The summed E-state index contributed by atoms with van der Waals surface area (Å²) in [6.45, 7) is 7.52. The third-order valence-corrected chi connectivity index (χ3v) is 12.9. The summed E-state index contributed by atoms with van der Waals surface area (Å²) in [6.07, 6.45) is 0. The number of benzene rings is 9. The molecule has 0 bridgehead atoms. The Kier molecular flexibility index (Phi) is 8.73. The summed E-state index contributed by atoms with van der Waals surface area (Å²) in [4.78, 5) is 4.85. The highest BCUT2D eigenvalue weighted by Gasteiger charge is 2.30. The molecular formula is C59H46N4O. The SMILES string of the molecule is CC(C)(C)c1ccc(-c2ccccc2)c(N2CN(c3cccc(Oc4cccc(-n5c6ccccc6c6cc(-n7c8ccccc8c8ccccc87)ccc65)c4)c3)c3ccccc32)c1. The number of hydrogen-bond donors (Lipinski definition) is 0. The molecule has 0 saturated heterocycles. The zero-order chi connectivity index (χ0) is 42.9. The van der Waals surface area contributed by atoms with Gasteiger partial charge in [0.15, 0.2) is 0 Å². The summed E-state index contributed by atoms with van der Waals surface area (Å²) in [5, 5.41) is 4.93. The molecule has 64 heavy (non-hydrogen) atoms. The van der Waals surface area contributed by atoms with E-state index in [2.05, 4.69) is 240 Å². The van der Waals surface area contributed by atoms with Crippen LogP contribution in [0.3, 0.4) is 0 Å². The van der Waals surface area contributed by atoms with Crippen LogP contribution in [0.5, 0.6) is 11.5 Å². The second kappa shape index (κ2) is 14.8. The Balaban J connectivity index is 0.892. The Bertz CT molecular complexity index is 3520. The first-order valence-electron chi connectivity index (χ1n) is 22.1. The van der Waals surface area contributed by atoms with Gasteiger partial charge in [-0.15, -0.1) is 0 Å². The Morgan fingerprint density at radius 1 is 0.375 bits per heavy atom. The molecule has 11 aromatic rings. The summed E-state index contributed by atoms with van der Waals surface area (Å²) >= 11 is 0. The summed E-state index contributed by atoms with van der Waals surface area (Å²) in [7, 11) is 0. The minimum absolute atomic E-state index is 0.00531. The third kappa shape index (κ3) is 6.23. The van der Waals surface area contributed by atoms with E-state index in [1.807, 2.05) is 12.1 Å². The van der Waals surface area contributed by atoms with Crippen LogP contribution in [0, 0.1) is 0 Å². The van der Waals surface area contributed by atoms with Crippen LogP contribution >= 0.6 is 0 Å². The van der Waals surface area contributed by atoms with Crippen LogP contribution in [0.15, 0.2) is 212 Å². The number of nitrogens with zero attached hydrogens (tertiary/aromatic N) is 4. The first kappa shape index (κ1) is 37.7. The van der Waals surface area contributed by atoms with E-state index in [1.165, 1.54) is 60.6 Å². The zero-order valence-electron chi connectivity index (χ0n) is 36.1. The van der Waals surface area contributed by atoms with Crippen molar-refractivity contribution in [2.75, 3.05) is 16.5 Å². The number of hydrogen-bond acceptors (Lipinski definition) is 3. The van der Waals surface area contributed by atoms with Crippen LogP contribution in [0.2, 0.25) is 0 Å². The number of para-hydroxylation sites is 5. The van der Waals surface area contributed by atoms with Crippen molar-refractivity contribution in [2.24, 2.45) is 0 Å². The van der Waals surface area contributed by atoms with Gasteiger partial charge in [0.2, 0.25) is 0 Å². The van der Waals surface area contributed by atoms with Gasteiger partial charge in [0.25, 0.3) is 0 Å². The maximum atomic E-state index is 6.76. The molecule has 0 atom stereocenters. The van der Waals surface area contributed by atoms with E-state index in [0.717, 1.165) is 45.3 Å². The Hall–Kier alpha value is -8.02. The van der Waals surface area contributed by atoms with Crippen molar-refractivity contribution in [3.05, 3.63) is 218 Å². The molecule has 0 aliphatic carbocycles. The van der Waals surface area contributed by atoms with Crippen LogP contribution in [0.1, 0.15) is 26.3 Å². The second-order valence-electron chi connectivity index (χ2n) is 17.9. The number of rotatable bonds is 7. The van der Waals surface area contributed by atoms with Gasteiger partial charge in [0, 0.05) is 56.3 Å². The van der Waals surface area contributed by atoms with Crippen molar-refractivity contribution in [3.63, 3.8) is 0 Å². The molecule has 0 spiro atoms. The first-order valence-corrected chi connectivity index (χ1v) is 22.1. The van der Waals surface area contributed by atoms with Gasteiger partial charge >= 0.3 is 0 Å². The molecule has 3 heterocycles. The van der Waals surface area contributed by atoms with E-state index in [1.54, 1.807) is 0 Å². The largest absolute Gasteiger partial charge is 0.457 e. The van der Waals surface area contributed by atoms with Gasteiger partial charge in [-0.3, -0.25) is 0 Å². The maximum Gasteiger partial charge on any atom is 0.129 e. The van der Waals surface area contributed by atoms with Crippen molar-refractivity contribution in [1.82, 2.24) is 9.13 Å². The van der Waals surface area contributed by atoms with Crippen molar-refractivity contribution >= 4 is 66.4 Å². The van der Waals surface area contributed by atoms with Gasteiger partial charge in [0.05, 0.1) is 39.1 Å². The molecule has 2 aromatic heterocycles. The lowest BCUT2D eigenvalue weighted by atomic mass is 9.85. The third-order valence-electron chi connectivity index (χ3n) is 12.9. The number of anilines is 4. The lowest BCUT2D eigenvalue weighted by Crippen LogP contribution is -2.25. The average Bonchev–Trinajstić information content (AvgIpc) is 4.00. The Morgan fingerprint density at radius 3 is 1.53 bits per heavy atom. The molecule has 5 heteroatoms. The molecule has 1 aliphatic rings. The highest BCUT2D eigenvalue weighted by atomic mass is 16.5. The molecule has 0 radical (unpaired) electrons. The standard InChI is InChI=1S/C59H46N4O/c1-59(2,3)41-31-33-47(40-17-5-4-6-18-40)58(35-41)61-39-60(56-29-13-14-30-57(56)61)42-19-15-21-45(36-42)64-46-22-16-20-43(37-46)62-54-28-12-9-25-50(54)51-38-44(32-34-55(51)62)63-52-26-10-7-23-48(52)49-24-8-11-27-53(49)63/h4-38H,39H2,1-3H3. The molecule has 0 saturated carbocycles. The van der Waals surface area contributed by atoms with E-state index >= 15 is 0 Å². The van der Waals surface area contributed by atoms with Crippen molar-refractivity contribution < 1.29 is 4.74 Å². The van der Waals surface area contributed by atoms with Crippen LogP contribution in [-0.4, -0.2) is 15.8 Å². The predicted octanol–water partition coefficient (Wildman–Crippen LogP) is 15.9. The molecular weight excluding hydrogens is 781 g/mol. The average molecular weight is 827 g/mol. The van der Waals surface area contributed by atoms with Crippen LogP contribution in [0.25, 0.3) is 66.1 Å². The smallest absolute Gasteiger partial charge is 0.129 e. The Labute approximate surface area is 373 Å². The van der Waals surface area contributed by atoms with Crippen LogP contribution in [-0.2, 0) is 5.41 Å². The second-order valence-corrected chi connectivity index (χ2v) is 17.9. The molecule has 9 aromatic carbocycles. The van der Waals surface area contributed by atoms with E-state index in [9.17, 15) is 0 Å². The minimum Gasteiger partial charge on any atom is -0.457 e. The Morgan fingerprint density at radius 2 is 0.891 bits per heavy atom. The fraction of sp³-hybridized carbons (Fsp3) is 0.0847. The van der Waals surface area contributed by atoms with Crippen molar-refractivity contribution in [3.8, 4) is 34.0 Å². The normalized spacial score (nSPS) is 12.8. The van der Waals surface area contributed by atoms with Gasteiger partial charge in [-0.05, 0) is 95.4 Å². The lowest BCUT2D eigenvalue weighted by molar-refractivity contribution is 0.482. The van der Waals surface area contributed by atoms with Crippen molar-refractivity contribution in [2.45, 2.75) is 26.2 Å². The van der Waals surface area contributed by atoms with Gasteiger partial charge in [-0.25, -0.2) is 0 Å². The van der Waals surface area contributed by atoms with Gasteiger partial charge in [-0.1, -0.05) is 142 Å². The molecule has 0 amide bonds. The highest BCUT2D eigenvalue weighted by molar-refractivity contribution is 6.12. The molecule has 12 rings (SSSR count). The lowest BCUT2D eigenvalue weighted by Gasteiger charge is -2.27. The predicted molar refractivity (Wildman–Crippen MR) is 268 cm³/mol. The first-order chi connectivity index (χ1) is 31.4. The summed E-state index contributed by atoms with van der Waals surface area (Å²) in [5.74, 6) is 1.56. The van der Waals surface area contributed by atoms with E-state index < -0.39 is 0 Å². The molecule has 1 aliphatic heterocycles. The van der Waals surface area contributed by atoms with Gasteiger partial charge in [-0.2, -0.15) is 0 Å². The fourth-order valence-corrected chi connectivity index (χ4v) is 9.84. The summed E-state index contributed by atoms with van der Waals surface area (Å²) < 4.78 is 11.5. The summed E-state index contributed by atoms with van der Waals surface area (Å²) in [6, 6.07) is 76.3. The number of aromatic nitrogens is 2. The zero-order valence-corrected chi connectivity index (χ0v) is 36.1. The summed E-state index contributed by atoms with van der Waals surface area (Å²) in [5.41, 5.74) is 15.2. The highest BCUT2D eigenvalue weighted by Crippen LogP contribution is 2.48. The van der Waals surface area contributed by atoms with E-state index in [4.69, 9.17) is 4.74 Å². The topological polar surface area (TPSA) is 25.6 Å². The molecule has 5 nitrogen and oxygen atoms in total. The van der Waals surface area contributed by atoms with Crippen LogP contribution in [0.4, 0.5) is 22.7 Å². The minimum atomic E-state index is 0.00531. The molecule has 0 fully saturated rings. The van der Waals surface area contributed by atoms with Gasteiger partial charge in [0.1, 0.15) is 18.2 Å². The molecule has 0 N–H and O–H groups in total.